The van der Waals surface area contributed by atoms with Gasteiger partial charge in [0.1, 0.15) is 6.61 Å². The first-order chi connectivity index (χ1) is 8.49. The minimum absolute atomic E-state index is 0.0533. The van der Waals surface area contributed by atoms with Gasteiger partial charge in [-0.05, 0) is 13.8 Å². The molecule has 0 aromatic carbocycles. The zero-order valence-electron chi connectivity index (χ0n) is 10.9. The van der Waals surface area contributed by atoms with Gasteiger partial charge in [0.25, 0.3) is 0 Å². The summed E-state index contributed by atoms with van der Waals surface area (Å²) in [5.74, 6) is -1.36. The predicted molar refractivity (Wildman–Crippen MR) is 64.6 cm³/mol. The number of hydrogen-bond acceptors (Lipinski definition) is 5. The number of esters is 2. The lowest BCUT2D eigenvalue weighted by molar-refractivity contribution is -0.140. The second kappa shape index (κ2) is 9.21. The third-order valence-corrected chi connectivity index (χ3v) is 1.85. The molecule has 0 radical (unpaired) electrons. The number of ether oxygens (including phenoxy) is 2. The molecular weight excluding hydrogens is 238 g/mol. The van der Waals surface area contributed by atoms with Crippen molar-refractivity contribution in [1.29, 1.82) is 0 Å². The summed E-state index contributed by atoms with van der Waals surface area (Å²) in [4.78, 5) is 33.1. The Hall–Kier alpha value is -1.85. The quantitative estimate of drug-likeness (QED) is 0.532. The van der Waals surface area contributed by atoms with Gasteiger partial charge < -0.3 is 14.8 Å². The van der Waals surface area contributed by atoms with E-state index in [4.69, 9.17) is 4.74 Å². The highest BCUT2D eigenvalue weighted by Crippen LogP contribution is 1.90. The highest BCUT2D eigenvalue weighted by molar-refractivity contribution is 5.91. The minimum atomic E-state index is -0.652. The monoisotopic (exact) mass is 257 g/mol. The molecule has 102 valence electrons. The van der Waals surface area contributed by atoms with Gasteiger partial charge in [-0.2, -0.15) is 0 Å². The van der Waals surface area contributed by atoms with Crippen LogP contribution in [0.15, 0.2) is 12.2 Å². The second-order valence-corrected chi connectivity index (χ2v) is 3.54. The molecule has 1 amide bonds. The van der Waals surface area contributed by atoms with Crippen molar-refractivity contribution in [3.05, 3.63) is 12.2 Å². The van der Waals surface area contributed by atoms with Crippen molar-refractivity contribution in [1.82, 2.24) is 5.32 Å². The van der Waals surface area contributed by atoms with Crippen LogP contribution in [-0.4, -0.2) is 37.1 Å². The van der Waals surface area contributed by atoms with Gasteiger partial charge in [-0.15, -0.1) is 0 Å². The molecule has 0 heterocycles. The summed E-state index contributed by atoms with van der Waals surface area (Å²) in [5, 5.41) is 2.64. The van der Waals surface area contributed by atoms with Gasteiger partial charge in [-0.3, -0.25) is 4.79 Å². The van der Waals surface area contributed by atoms with E-state index in [1.54, 1.807) is 20.8 Å². The first-order valence-electron chi connectivity index (χ1n) is 5.80. The van der Waals surface area contributed by atoms with Crippen LogP contribution in [0.4, 0.5) is 0 Å². The Bertz CT molecular complexity index is 324. The van der Waals surface area contributed by atoms with Crippen molar-refractivity contribution in [2.75, 3.05) is 13.2 Å². The minimum Gasteiger partial charge on any atom is -0.463 e. The molecule has 0 bridgehead atoms. The lowest BCUT2D eigenvalue weighted by atomic mass is 10.3. The van der Waals surface area contributed by atoms with Crippen molar-refractivity contribution in [3.63, 3.8) is 0 Å². The fourth-order valence-corrected chi connectivity index (χ4v) is 1.00. The number of amides is 1. The highest BCUT2D eigenvalue weighted by atomic mass is 16.5. The average molecular weight is 257 g/mol. The Kier molecular flexibility index (Phi) is 8.26. The number of rotatable bonds is 7. The zero-order valence-corrected chi connectivity index (χ0v) is 10.9. The van der Waals surface area contributed by atoms with E-state index in [-0.39, 0.29) is 25.2 Å². The van der Waals surface area contributed by atoms with Crippen LogP contribution >= 0.6 is 0 Å². The number of carbonyl (C=O) groups is 3. The second-order valence-electron chi connectivity index (χ2n) is 3.54. The molecule has 0 aromatic heterocycles. The topological polar surface area (TPSA) is 81.7 Å². The molecule has 0 aromatic rings. The fraction of sp³-hybridized carbons (Fsp3) is 0.583. The Morgan fingerprint density at radius 3 is 2.17 bits per heavy atom. The molecular formula is C12H19NO5. The third kappa shape index (κ3) is 8.32. The van der Waals surface area contributed by atoms with Crippen LogP contribution in [-0.2, 0) is 23.9 Å². The van der Waals surface area contributed by atoms with E-state index >= 15 is 0 Å². The zero-order chi connectivity index (χ0) is 14.0. The van der Waals surface area contributed by atoms with Crippen LogP contribution in [0.5, 0.6) is 0 Å². The molecule has 0 fully saturated rings. The van der Waals surface area contributed by atoms with E-state index in [9.17, 15) is 14.4 Å². The summed E-state index contributed by atoms with van der Waals surface area (Å²) in [6, 6.07) is -0.266. The summed E-state index contributed by atoms with van der Waals surface area (Å²) in [6.07, 6.45) is 2.37. The van der Waals surface area contributed by atoms with E-state index in [0.717, 1.165) is 12.2 Å². The lowest BCUT2D eigenvalue weighted by Crippen LogP contribution is -2.35. The predicted octanol–water partition coefficient (Wildman–Crippen LogP) is 0.564. The standard InChI is InChI=1S/C12H19NO5/c1-4-10(14)13-9(3)8-18-12(16)7-6-11(15)17-5-2/h6-7,9H,4-5,8H2,1-3H3,(H,13,14)/b7-6+/t9-/m0/s1. The summed E-state index contributed by atoms with van der Waals surface area (Å²) in [7, 11) is 0. The van der Waals surface area contributed by atoms with Gasteiger partial charge in [-0.1, -0.05) is 6.92 Å². The maximum Gasteiger partial charge on any atom is 0.331 e. The smallest absolute Gasteiger partial charge is 0.331 e. The Balaban J connectivity index is 3.89. The van der Waals surface area contributed by atoms with E-state index in [1.807, 2.05) is 0 Å². The van der Waals surface area contributed by atoms with Crippen molar-refractivity contribution in [3.8, 4) is 0 Å². The molecule has 0 aliphatic carbocycles. The van der Waals surface area contributed by atoms with Gasteiger partial charge in [0.15, 0.2) is 0 Å². The van der Waals surface area contributed by atoms with Crippen LogP contribution in [0, 0.1) is 0 Å². The van der Waals surface area contributed by atoms with Gasteiger partial charge in [0.2, 0.25) is 5.91 Å². The first kappa shape index (κ1) is 16.1. The van der Waals surface area contributed by atoms with Gasteiger partial charge >= 0.3 is 11.9 Å². The molecule has 0 saturated heterocycles. The molecule has 18 heavy (non-hydrogen) atoms. The lowest BCUT2D eigenvalue weighted by Gasteiger charge is -2.12. The number of hydrogen-bond donors (Lipinski definition) is 1. The van der Waals surface area contributed by atoms with E-state index in [0.29, 0.717) is 6.42 Å². The van der Waals surface area contributed by atoms with Gasteiger partial charge in [-0.25, -0.2) is 9.59 Å². The molecule has 0 aliphatic heterocycles. The molecule has 1 atom stereocenters. The van der Waals surface area contributed by atoms with Crippen molar-refractivity contribution < 1.29 is 23.9 Å². The highest BCUT2D eigenvalue weighted by Gasteiger charge is 2.07. The molecule has 0 saturated carbocycles. The fourth-order valence-electron chi connectivity index (χ4n) is 1.00. The van der Waals surface area contributed by atoms with Crippen molar-refractivity contribution in [2.24, 2.45) is 0 Å². The SMILES string of the molecule is CCOC(=O)/C=C/C(=O)OC[C@H](C)NC(=O)CC. The third-order valence-electron chi connectivity index (χ3n) is 1.85. The molecule has 6 heteroatoms. The van der Waals surface area contributed by atoms with Crippen molar-refractivity contribution >= 4 is 17.8 Å². The largest absolute Gasteiger partial charge is 0.463 e. The number of carbonyl (C=O) groups excluding carboxylic acids is 3. The van der Waals surface area contributed by atoms with Crippen LogP contribution < -0.4 is 5.32 Å². The van der Waals surface area contributed by atoms with Crippen molar-refractivity contribution in [2.45, 2.75) is 33.2 Å². The van der Waals surface area contributed by atoms with Crippen LogP contribution in [0.1, 0.15) is 27.2 Å². The van der Waals surface area contributed by atoms with E-state index in [1.165, 1.54) is 0 Å². The first-order valence-corrected chi connectivity index (χ1v) is 5.80. The van der Waals surface area contributed by atoms with Gasteiger partial charge in [0, 0.05) is 18.6 Å². The molecule has 0 rings (SSSR count). The molecule has 1 N–H and O–H groups in total. The van der Waals surface area contributed by atoms with Crippen LogP contribution in [0.2, 0.25) is 0 Å². The summed E-state index contributed by atoms with van der Waals surface area (Å²) < 4.78 is 9.42. The molecule has 0 aliphatic rings. The summed E-state index contributed by atoms with van der Waals surface area (Å²) >= 11 is 0. The molecule has 0 unspecified atom stereocenters. The summed E-state index contributed by atoms with van der Waals surface area (Å²) in [6.45, 7) is 5.42. The van der Waals surface area contributed by atoms with E-state index in [2.05, 4.69) is 10.1 Å². The van der Waals surface area contributed by atoms with Crippen LogP contribution in [0.3, 0.4) is 0 Å². The Labute approximate surface area is 106 Å². The normalized spacial score (nSPS) is 11.9. The average Bonchev–Trinajstić information content (AvgIpc) is 2.34. The molecule has 0 spiro atoms. The van der Waals surface area contributed by atoms with Gasteiger partial charge in [0.05, 0.1) is 12.6 Å². The van der Waals surface area contributed by atoms with Crippen LogP contribution in [0.25, 0.3) is 0 Å². The Morgan fingerprint density at radius 1 is 1.11 bits per heavy atom. The molecule has 6 nitrogen and oxygen atoms in total. The van der Waals surface area contributed by atoms with E-state index < -0.39 is 11.9 Å². The summed E-state index contributed by atoms with van der Waals surface area (Å²) in [5.41, 5.74) is 0. The maximum absolute atomic E-state index is 11.2. The number of nitrogens with one attached hydrogen (secondary N) is 1. The maximum atomic E-state index is 11.2. The Morgan fingerprint density at radius 2 is 1.67 bits per heavy atom.